The number of hydrogen-bond acceptors (Lipinski definition) is 2. The fraction of sp³-hybridized carbons (Fsp3) is 0.467. The molecule has 0 saturated carbocycles. The van der Waals surface area contributed by atoms with Crippen molar-refractivity contribution in [2.75, 3.05) is 0 Å². The van der Waals surface area contributed by atoms with E-state index in [1.54, 1.807) is 4.57 Å². The highest BCUT2D eigenvalue weighted by Crippen LogP contribution is 2.11. The van der Waals surface area contributed by atoms with Crippen molar-refractivity contribution in [3.63, 3.8) is 0 Å². The lowest BCUT2D eigenvalue weighted by molar-refractivity contribution is 0.498. The van der Waals surface area contributed by atoms with E-state index in [0.29, 0.717) is 23.7 Å². The second-order valence-corrected chi connectivity index (χ2v) is 5.44. The highest BCUT2D eigenvalue weighted by atomic mass is 35.5. The van der Waals surface area contributed by atoms with Crippen LogP contribution in [0.15, 0.2) is 29.1 Å². The fourth-order valence-electron chi connectivity index (χ4n) is 2.20. The molecule has 4 heteroatoms. The minimum Gasteiger partial charge on any atom is -0.295 e. The van der Waals surface area contributed by atoms with Gasteiger partial charge in [0.1, 0.15) is 5.82 Å². The summed E-state index contributed by atoms with van der Waals surface area (Å²) >= 11 is 5.92. The maximum absolute atomic E-state index is 12.4. The predicted octanol–water partition coefficient (Wildman–Crippen LogP) is 3.57. The zero-order valence-corrected chi connectivity index (χ0v) is 12.2. The molecule has 1 heterocycles. The first-order valence-corrected chi connectivity index (χ1v) is 7.21. The summed E-state index contributed by atoms with van der Waals surface area (Å²) < 4.78 is 1.72. The Bertz CT molecular complexity index is 619. The number of alkyl halides is 1. The highest BCUT2D eigenvalue weighted by Gasteiger charge is 2.09. The van der Waals surface area contributed by atoms with Gasteiger partial charge in [-0.3, -0.25) is 9.36 Å². The topological polar surface area (TPSA) is 34.9 Å². The molecule has 0 aliphatic rings. The van der Waals surface area contributed by atoms with Gasteiger partial charge in [0.15, 0.2) is 0 Å². The zero-order valence-electron chi connectivity index (χ0n) is 11.4. The molecule has 0 amide bonds. The Labute approximate surface area is 118 Å². The summed E-state index contributed by atoms with van der Waals surface area (Å²) in [7, 11) is 0. The Morgan fingerprint density at radius 3 is 2.74 bits per heavy atom. The van der Waals surface area contributed by atoms with Crippen LogP contribution in [0.2, 0.25) is 0 Å². The van der Waals surface area contributed by atoms with E-state index in [4.69, 9.17) is 11.6 Å². The van der Waals surface area contributed by atoms with Crippen LogP contribution >= 0.6 is 11.6 Å². The molecular formula is C15H19ClN2O. The van der Waals surface area contributed by atoms with Gasteiger partial charge in [0.05, 0.1) is 16.8 Å². The number of fused-ring (bicyclic) bond motifs is 1. The molecular weight excluding hydrogens is 260 g/mol. The largest absolute Gasteiger partial charge is 0.295 e. The van der Waals surface area contributed by atoms with Gasteiger partial charge in [-0.1, -0.05) is 26.0 Å². The molecule has 0 bridgehead atoms. The first kappa shape index (κ1) is 14.1. The Kier molecular flexibility index (Phi) is 4.59. The predicted molar refractivity (Wildman–Crippen MR) is 79.6 cm³/mol. The number of hydrogen-bond donors (Lipinski definition) is 0. The average Bonchev–Trinajstić information content (AvgIpc) is 2.40. The molecule has 0 aliphatic carbocycles. The maximum Gasteiger partial charge on any atom is 0.261 e. The van der Waals surface area contributed by atoms with Crippen LogP contribution in [0, 0.1) is 5.92 Å². The number of nitrogens with zero attached hydrogens (tertiary/aromatic N) is 2. The molecule has 2 aromatic rings. The highest BCUT2D eigenvalue weighted by molar-refractivity contribution is 6.16. The summed E-state index contributed by atoms with van der Waals surface area (Å²) in [5.74, 6) is 1.57. The number of rotatable bonds is 5. The molecule has 0 saturated heterocycles. The molecule has 0 radical (unpaired) electrons. The molecule has 0 aliphatic heterocycles. The van der Waals surface area contributed by atoms with Gasteiger partial charge in [0.25, 0.3) is 5.56 Å². The van der Waals surface area contributed by atoms with Crippen LogP contribution in [0.5, 0.6) is 0 Å². The monoisotopic (exact) mass is 278 g/mol. The SMILES string of the molecule is CC(C)CCCn1c(CCl)nc2ccccc2c1=O. The zero-order chi connectivity index (χ0) is 13.8. The van der Waals surface area contributed by atoms with Crippen molar-refractivity contribution in [2.24, 2.45) is 5.92 Å². The normalized spacial score (nSPS) is 11.4. The maximum atomic E-state index is 12.4. The molecule has 102 valence electrons. The van der Waals surface area contributed by atoms with Gasteiger partial charge in [0.2, 0.25) is 0 Å². The third-order valence-electron chi connectivity index (χ3n) is 3.22. The van der Waals surface area contributed by atoms with Crippen LogP contribution in [0.3, 0.4) is 0 Å². The van der Waals surface area contributed by atoms with Gasteiger partial charge in [-0.25, -0.2) is 4.98 Å². The quantitative estimate of drug-likeness (QED) is 0.784. The summed E-state index contributed by atoms with van der Waals surface area (Å²) in [5, 5.41) is 0.668. The smallest absolute Gasteiger partial charge is 0.261 e. The van der Waals surface area contributed by atoms with Crippen LogP contribution < -0.4 is 5.56 Å². The summed E-state index contributed by atoms with van der Waals surface area (Å²) in [5.41, 5.74) is 0.744. The van der Waals surface area contributed by atoms with Crippen molar-refractivity contribution in [1.29, 1.82) is 0 Å². The van der Waals surface area contributed by atoms with Gasteiger partial charge in [-0.05, 0) is 30.9 Å². The van der Waals surface area contributed by atoms with Crippen LogP contribution in [0.1, 0.15) is 32.5 Å². The Morgan fingerprint density at radius 2 is 2.05 bits per heavy atom. The van der Waals surface area contributed by atoms with Crippen molar-refractivity contribution in [3.05, 3.63) is 40.4 Å². The second-order valence-electron chi connectivity index (χ2n) is 5.17. The molecule has 1 aromatic heterocycles. The van der Waals surface area contributed by atoms with Crippen LogP contribution in [0.4, 0.5) is 0 Å². The van der Waals surface area contributed by atoms with Crippen molar-refractivity contribution < 1.29 is 0 Å². The number of halogens is 1. The Balaban J connectivity index is 2.40. The van der Waals surface area contributed by atoms with E-state index in [9.17, 15) is 4.79 Å². The van der Waals surface area contributed by atoms with Crippen molar-refractivity contribution in [3.8, 4) is 0 Å². The molecule has 0 spiro atoms. The molecule has 0 unspecified atom stereocenters. The Morgan fingerprint density at radius 1 is 1.32 bits per heavy atom. The van der Waals surface area contributed by atoms with E-state index < -0.39 is 0 Å². The van der Waals surface area contributed by atoms with E-state index >= 15 is 0 Å². The van der Waals surface area contributed by atoms with Crippen molar-refractivity contribution in [2.45, 2.75) is 39.1 Å². The van der Waals surface area contributed by atoms with Crippen LogP contribution in [-0.2, 0) is 12.4 Å². The third-order valence-corrected chi connectivity index (χ3v) is 3.46. The van der Waals surface area contributed by atoms with E-state index in [1.165, 1.54) is 0 Å². The van der Waals surface area contributed by atoms with E-state index in [-0.39, 0.29) is 11.4 Å². The summed E-state index contributed by atoms with van der Waals surface area (Å²) in [6, 6.07) is 7.42. The number of aromatic nitrogens is 2. The van der Waals surface area contributed by atoms with Gasteiger partial charge in [-0.15, -0.1) is 11.6 Å². The van der Waals surface area contributed by atoms with Crippen LogP contribution in [0.25, 0.3) is 10.9 Å². The van der Waals surface area contributed by atoms with Gasteiger partial charge in [0, 0.05) is 6.54 Å². The van der Waals surface area contributed by atoms with E-state index in [2.05, 4.69) is 18.8 Å². The molecule has 2 rings (SSSR count). The van der Waals surface area contributed by atoms with Crippen molar-refractivity contribution >= 4 is 22.5 Å². The molecule has 0 fully saturated rings. The first-order valence-electron chi connectivity index (χ1n) is 6.68. The lowest BCUT2D eigenvalue weighted by Gasteiger charge is -2.12. The van der Waals surface area contributed by atoms with Gasteiger partial charge >= 0.3 is 0 Å². The molecule has 19 heavy (non-hydrogen) atoms. The number of para-hydroxylation sites is 1. The van der Waals surface area contributed by atoms with Gasteiger partial charge < -0.3 is 0 Å². The number of benzene rings is 1. The van der Waals surface area contributed by atoms with Gasteiger partial charge in [-0.2, -0.15) is 0 Å². The van der Waals surface area contributed by atoms with E-state index in [1.807, 2.05) is 24.3 Å². The summed E-state index contributed by atoms with van der Waals surface area (Å²) in [6.07, 6.45) is 2.07. The summed E-state index contributed by atoms with van der Waals surface area (Å²) in [4.78, 5) is 16.9. The fourth-order valence-corrected chi connectivity index (χ4v) is 2.41. The molecule has 0 atom stereocenters. The van der Waals surface area contributed by atoms with Crippen LogP contribution in [-0.4, -0.2) is 9.55 Å². The average molecular weight is 279 g/mol. The lowest BCUT2D eigenvalue weighted by atomic mass is 10.1. The lowest BCUT2D eigenvalue weighted by Crippen LogP contribution is -2.25. The molecule has 3 nitrogen and oxygen atoms in total. The summed E-state index contributed by atoms with van der Waals surface area (Å²) in [6.45, 7) is 5.06. The standard InChI is InChI=1S/C15H19ClN2O/c1-11(2)6-5-9-18-14(10-16)17-13-8-4-3-7-12(13)15(18)19/h3-4,7-8,11H,5-6,9-10H2,1-2H3. The minimum atomic E-state index is 0.0185. The second kappa shape index (κ2) is 6.20. The third kappa shape index (κ3) is 3.16. The van der Waals surface area contributed by atoms with E-state index in [0.717, 1.165) is 18.4 Å². The molecule has 1 aromatic carbocycles. The van der Waals surface area contributed by atoms with Crippen molar-refractivity contribution in [1.82, 2.24) is 9.55 Å². The first-order chi connectivity index (χ1) is 9.13. The molecule has 0 N–H and O–H groups in total. The minimum absolute atomic E-state index is 0.0185. The Hall–Kier alpha value is -1.35.